The van der Waals surface area contributed by atoms with Gasteiger partial charge in [0.15, 0.2) is 0 Å². The van der Waals surface area contributed by atoms with Crippen molar-refractivity contribution in [2.45, 2.75) is 12.8 Å². The van der Waals surface area contributed by atoms with Crippen molar-refractivity contribution < 1.29 is 40.9 Å². The molecule has 0 fully saturated rings. The number of nitrogens with one attached hydrogen (secondary N) is 2. The van der Waals surface area contributed by atoms with E-state index in [1.807, 2.05) is 0 Å². The maximum Gasteiger partial charge on any atom is 0.243 e. The molecule has 2 amide bonds. The topological polar surface area (TPSA) is 98.3 Å². The molecular formula is C21H41ClN4O4. The SMILES string of the molecule is C=CC(=O)NCCC[N+](C)(C)C.C=CC(=O)NCCC[N+](C)(C)C.C=CC(=O)[O-].[Cl-]. The maximum atomic E-state index is 10.7. The number of nitrogens with zero attached hydrogens (tertiary/aromatic N) is 2. The summed E-state index contributed by atoms with van der Waals surface area (Å²) in [5.74, 6) is -1.40. The first kappa shape index (κ1) is 35.3. The summed E-state index contributed by atoms with van der Waals surface area (Å²) in [7, 11) is 12.8. The summed E-state index contributed by atoms with van der Waals surface area (Å²) in [6, 6.07) is 0. The lowest BCUT2D eigenvalue weighted by Crippen LogP contribution is -3.00. The van der Waals surface area contributed by atoms with Crippen LogP contribution in [0.3, 0.4) is 0 Å². The third-order valence-corrected chi connectivity index (χ3v) is 3.15. The summed E-state index contributed by atoms with van der Waals surface area (Å²) < 4.78 is 1.87. The molecule has 0 rings (SSSR count). The number of hydrogen-bond donors (Lipinski definition) is 2. The average Bonchev–Trinajstić information content (AvgIpc) is 2.61. The highest BCUT2D eigenvalue weighted by atomic mass is 35.5. The number of aliphatic carboxylic acids is 1. The van der Waals surface area contributed by atoms with Crippen molar-refractivity contribution in [2.24, 2.45) is 0 Å². The number of rotatable bonds is 11. The Morgan fingerprint density at radius 3 is 1.17 bits per heavy atom. The molecule has 176 valence electrons. The van der Waals surface area contributed by atoms with Crippen molar-refractivity contribution in [3.63, 3.8) is 0 Å². The van der Waals surface area contributed by atoms with Gasteiger partial charge in [-0.15, -0.1) is 0 Å². The molecule has 0 bridgehead atoms. The minimum absolute atomic E-state index is 0. The predicted octanol–water partition coefficient (Wildman–Crippen LogP) is -3.30. The van der Waals surface area contributed by atoms with Crippen molar-refractivity contribution in [1.29, 1.82) is 0 Å². The fourth-order valence-electron chi connectivity index (χ4n) is 1.67. The largest absolute Gasteiger partial charge is 1.00 e. The van der Waals surface area contributed by atoms with E-state index >= 15 is 0 Å². The van der Waals surface area contributed by atoms with Crippen LogP contribution in [0, 0.1) is 0 Å². The monoisotopic (exact) mass is 448 g/mol. The fourth-order valence-corrected chi connectivity index (χ4v) is 1.67. The lowest BCUT2D eigenvalue weighted by atomic mass is 10.3. The molecule has 8 nitrogen and oxygen atoms in total. The minimum Gasteiger partial charge on any atom is -1.00 e. The van der Waals surface area contributed by atoms with Crippen LogP contribution in [0.4, 0.5) is 0 Å². The van der Waals surface area contributed by atoms with Crippen LogP contribution in [0.2, 0.25) is 0 Å². The number of hydrogen-bond acceptors (Lipinski definition) is 4. The Kier molecular flexibility index (Phi) is 23.7. The highest BCUT2D eigenvalue weighted by Crippen LogP contribution is 1.92. The zero-order valence-electron chi connectivity index (χ0n) is 19.5. The molecule has 0 atom stereocenters. The van der Waals surface area contributed by atoms with Crippen LogP contribution in [0.25, 0.3) is 0 Å². The van der Waals surface area contributed by atoms with Crippen molar-refractivity contribution in [3.05, 3.63) is 38.0 Å². The molecule has 0 aromatic heterocycles. The van der Waals surface area contributed by atoms with Gasteiger partial charge >= 0.3 is 0 Å². The molecule has 0 aromatic rings. The zero-order chi connectivity index (χ0) is 23.5. The van der Waals surface area contributed by atoms with Gasteiger partial charge in [0.2, 0.25) is 11.8 Å². The van der Waals surface area contributed by atoms with Gasteiger partial charge in [0, 0.05) is 25.9 Å². The summed E-state index contributed by atoms with van der Waals surface area (Å²) >= 11 is 0. The van der Waals surface area contributed by atoms with E-state index in [1.165, 1.54) is 12.2 Å². The molecular weight excluding hydrogens is 408 g/mol. The third kappa shape index (κ3) is 40.5. The quantitative estimate of drug-likeness (QED) is 0.196. The number of carboxylic acid groups (broad SMARTS) is 1. The third-order valence-electron chi connectivity index (χ3n) is 3.15. The van der Waals surface area contributed by atoms with Gasteiger partial charge < -0.3 is 41.9 Å². The fraction of sp³-hybridized carbons (Fsp3) is 0.571. The molecule has 0 aromatic carbocycles. The Morgan fingerprint density at radius 1 is 0.733 bits per heavy atom. The second kappa shape index (κ2) is 20.1. The lowest BCUT2D eigenvalue weighted by Gasteiger charge is -2.23. The number of halogens is 1. The molecule has 0 saturated heterocycles. The van der Waals surface area contributed by atoms with E-state index in [1.54, 1.807) is 0 Å². The molecule has 30 heavy (non-hydrogen) atoms. The summed E-state index contributed by atoms with van der Waals surface area (Å²) in [4.78, 5) is 30.5. The van der Waals surface area contributed by atoms with E-state index in [4.69, 9.17) is 9.90 Å². The van der Waals surface area contributed by atoms with Crippen molar-refractivity contribution in [1.82, 2.24) is 10.6 Å². The molecule has 0 aliphatic heterocycles. The minimum atomic E-state index is -1.23. The Hall–Kier alpha value is -2.16. The van der Waals surface area contributed by atoms with Gasteiger partial charge in [-0.05, 0) is 18.2 Å². The van der Waals surface area contributed by atoms with Gasteiger partial charge in [-0.1, -0.05) is 19.7 Å². The number of amides is 2. The van der Waals surface area contributed by atoms with E-state index in [-0.39, 0.29) is 24.2 Å². The van der Waals surface area contributed by atoms with Crippen molar-refractivity contribution in [2.75, 3.05) is 68.5 Å². The van der Waals surface area contributed by atoms with Crippen molar-refractivity contribution >= 4 is 17.8 Å². The number of carboxylic acids is 1. The molecule has 2 N–H and O–H groups in total. The Morgan fingerprint density at radius 2 is 1.00 bits per heavy atom. The maximum absolute atomic E-state index is 10.7. The van der Waals surface area contributed by atoms with Gasteiger partial charge in [0.05, 0.1) is 61.3 Å². The lowest BCUT2D eigenvalue weighted by molar-refractivity contribution is -0.870. The van der Waals surface area contributed by atoms with E-state index in [0.29, 0.717) is 0 Å². The summed E-state index contributed by atoms with van der Waals surface area (Å²) in [6.07, 6.45) is 5.32. The molecule has 0 heterocycles. The van der Waals surface area contributed by atoms with E-state index < -0.39 is 5.97 Å². The van der Waals surface area contributed by atoms with E-state index in [9.17, 15) is 9.59 Å². The van der Waals surface area contributed by atoms with Crippen LogP contribution in [0.15, 0.2) is 38.0 Å². The highest BCUT2D eigenvalue weighted by molar-refractivity contribution is 5.87. The van der Waals surface area contributed by atoms with Crippen LogP contribution >= 0.6 is 0 Å². The second-order valence-electron chi connectivity index (χ2n) is 8.25. The number of quaternary nitrogens is 2. The van der Waals surface area contributed by atoms with Gasteiger partial charge in [0.1, 0.15) is 0 Å². The summed E-state index contributed by atoms with van der Waals surface area (Å²) in [5.41, 5.74) is 0. The number of carbonyl (C=O) groups is 3. The summed E-state index contributed by atoms with van der Waals surface area (Å²) in [6.45, 7) is 13.2. The first-order chi connectivity index (χ1) is 13.2. The standard InChI is InChI=1S/2C9H18N2O.C3H4O2.ClH/c2*1-5-9(12)10-7-6-8-11(2,3)4;1-2-3(4)5;/h2*5H,1,6-8H2,2-4H3;2H,1H2,(H,4,5);1H. The van der Waals surface area contributed by atoms with Crippen molar-refractivity contribution in [3.8, 4) is 0 Å². The Labute approximate surface area is 188 Å². The van der Waals surface area contributed by atoms with Crippen LogP contribution in [0.1, 0.15) is 12.8 Å². The molecule has 0 aliphatic carbocycles. The van der Waals surface area contributed by atoms with Gasteiger partial charge in [-0.25, -0.2) is 0 Å². The van der Waals surface area contributed by atoms with E-state index in [2.05, 4.69) is 72.7 Å². The molecule has 0 unspecified atom stereocenters. The van der Waals surface area contributed by atoms with Gasteiger partial charge in [-0.2, -0.15) is 0 Å². The highest BCUT2D eigenvalue weighted by Gasteiger charge is 2.06. The molecule has 0 radical (unpaired) electrons. The molecule has 9 heteroatoms. The second-order valence-corrected chi connectivity index (χ2v) is 8.25. The Balaban J connectivity index is -0.000000180. The van der Waals surface area contributed by atoms with Crippen LogP contribution < -0.4 is 28.1 Å². The normalized spacial score (nSPS) is 9.80. The first-order valence-electron chi connectivity index (χ1n) is 9.43. The first-order valence-corrected chi connectivity index (χ1v) is 9.43. The van der Waals surface area contributed by atoms with Crippen LogP contribution in [0.5, 0.6) is 0 Å². The smallest absolute Gasteiger partial charge is 0.243 e. The van der Waals surface area contributed by atoms with Gasteiger partial charge in [0.25, 0.3) is 0 Å². The van der Waals surface area contributed by atoms with Crippen LogP contribution in [-0.4, -0.2) is 95.2 Å². The van der Waals surface area contributed by atoms with E-state index in [0.717, 1.165) is 54.1 Å². The Bertz CT molecular complexity index is 486. The molecule has 0 saturated carbocycles. The number of carbonyl (C=O) groups excluding carboxylic acids is 3. The molecule has 0 aliphatic rings. The predicted molar refractivity (Wildman–Crippen MR) is 117 cm³/mol. The van der Waals surface area contributed by atoms with Gasteiger partial charge in [-0.3, -0.25) is 9.59 Å². The van der Waals surface area contributed by atoms with Crippen LogP contribution in [-0.2, 0) is 14.4 Å². The summed E-state index contributed by atoms with van der Waals surface area (Å²) in [5, 5.41) is 14.6. The molecule has 0 spiro atoms. The zero-order valence-corrected chi connectivity index (χ0v) is 20.3. The average molecular weight is 449 g/mol.